The SMILES string of the molecule is C[C@H]1Cc2cc(Cl)cc(C(=O)Nc3cccc4cn[nH]c34)c2O1. The summed E-state index contributed by atoms with van der Waals surface area (Å²) in [7, 11) is 0. The van der Waals surface area contributed by atoms with Crippen LogP contribution < -0.4 is 10.1 Å². The van der Waals surface area contributed by atoms with Crippen LogP contribution in [0.25, 0.3) is 10.9 Å². The van der Waals surface area contributed by atoms with Gasteiger partial charge in [-0.1, -0.05) is 23.7 Å². The monoisotopic (exact) mass is 327 g/mol. The van der Waals surface area contributed by atoms with E-state index in [0.717, 1.165) is 22.9 Å². The minimum atomic E-state index is -0.250. The Bertz CT molecular complexity index is 919. The van der Waals surface area contributed by atoms with Crippen molar-refractivity contribution in [2.45, 2.75) is 19.4 Å². The van der Waals surface area contributed by atoms with Crippen LogP contribution in [0.1, 0.15) is 22.8 Å². The fourth-order valence-corrected chi connectivity index (χ4v) is 3.17. The average molecular weight is 328 g/mol. The number of carbonyl (C=O) groups is 1. The Morgan fingerprint density at radius 3 is 3.17 bits per heavy atom. The molecule has 1 amide bonds. The lowest BCUT2D eigenvalue weighted by Gasteiger charge is -2.11. The van der Waals surface area contributed by atoms with E-state index in [1.54, 1.807) is 12.3 Å². The van der Waals surface area contributed by atoms with E-state index in [2.05, 4.69) is 15.5 Å². The molecule has 0 aliphatic carbocycles. The van der Waals surface area contributed by atoms with Gasteiger partial charge < -0.3 is 10.1 Å². The van der Waals surface area contributed by atoms with E-state index in [0.29, 0.717) is 22.0 Å². The highest BCUT2D eigenvalue weighted by molar-refractivity contribution is 6.31. The van der Waals surface area contributed by atoms with Crippen LogP contribution in [0.5, 0.6) is 5.75 Å². The molecule has 1 aliphatic rings. The number of H-pyrrole nitrogens is 1. The first-order valence-electron chi connectivity index (χ1n) is 7.34. The summed E-state index contributed by atoms with van der Waals surface area (Å²) in [6.07, 6.45) is 2.52. The Balaban J connectivity index is 1.72. The van der Waals surface area contributed by atoms with E-state index in [4.69, 9.17) is 16.3 Å². The van der Waals surface area contributed by atoms with Gasteiger partial charge in [0, 0.05) is 22.4 Å². The zero-order chi connectivity index (χ0) is 16.0. The quantitative estimate of drug-likeness (QED) is 0.752. The molecule has 3 aromatic rings. The van der Waals surface area contributed by atoms with Crippen LogP contribution >= 0.6 is 11.6 Å². The number of hydrogen-bond acceptors (Lipinski definition) is 3. The molecule has 0 bridgehead atoms. The Morgan fingerprint density at radius 1 is 1.43 bits per heavy atom. The molecule has 2 heterocycles. The standard InChI is InChI=1S/C17H14ClN3O2/c1-9-5-11-6-12(18)7-13(16(11)23-9)17(22)20-14-4-2-3-10-8-19-21-15(10)14/h2-4,6-9H,5H2,1H3,(H,19,21)(H,20,22)/t9-/m0/s1. The average Bonchev–Trinajstić information content (AvgIpc) is 3.12. The second-order valence-electron chi connectivity index (χ2n) is 5.67. The maximum absolute atomic E-state index is 12.7. The second kappa shape index (κ2) is 5.28. The molecule has 0 saturated carbocycles. The van der Waals surface area contributed by atoms with Gasteiger partial charge in [-0.3, -0.25) is 9.89 Å². The number of hydrogen-bond donors (Lipinski definition) is 2. The van der Waals surface area contributed by atoms with Crippen LogP contribution in [0.15, 0.2) is 36.5 Å². The fourth-order valence-electron chi connectivity index (χ4n) is 2.92. The van der Waals surface area contributed by atoms with Crippen molar-refractivity contribution in [2.75, 3.05) is 5.32 Å². The summed E-state index contributed by atoms with van der Waals surface area (Å²) >= 11 is 6.15. The number of benzene rings is 2. The van der Waals surface area contributed by atoms with Gasteiger partial charge in [-0.05, 0) is 25.1 Å². The predicted molar refractivity (Wildman–Crippen MR) is 89.3 cm³/mol. The third-order valence-corrected chi connectivity index (χ3v) is 4.14. The summed E-state index contributed by atoms with van der Waals surface area (Å²) in [5.41, 5.74) is 2.88. The molecule has 1 aliphatic heterocycles. The van der Waals surface area contributed by atoms with E-state index in [-0.39, 0.29) is 12.0 Å². The van der Waals surface area contributed by atoms with E-state index in [1.165, 1.54) is 0 Å². The molecule has 5 nitrogen and oxygen atoms in total. The van der Waals surface area contributed by atoms with Crippen molar-refractivity contribution in [3.8, 4) is 5.75 Å². The van der Waals surface area contributed by atoms with E-state index in [9.17, 15) is 4.79 Å². The molecule has 2 N–H and O–H groups in total. The molecule has 1 atom stereocenters. The summed E-state index contributed by atoms with van der Waals surface area (Å²) in [5, 5.41) is 11.3. The van der Waals surface area contributed by atoms with Crippen molar-refractivity contribution >= 4 is 34.1 Å². The number of halogens is 1. The van der Waals surface area contributed by atoms with E-state index >= 15 is 0 Å². The maximum Gasteiger partial charge on any atom is 0.259 e. The lowest BCUT2D eigenvalue weighted by atomic mass is 10.1. The second-order valence-corrected chi connectivity index (χ2v) is 6.10. The smallest absolute Gasteiger partial charge is 0.259 e. The highest BCUT2D eigenvalue weighted by Crippen LogP contribution is 2.36. The van der Waals surface area contributed by atoms with Crippen LogP contribution in [0.3, 0.4) is 0 Å². The van der Waals surface area contributed by atoms with Crippen LogP contribution in [0.2, 0.25) is 5.02 Å². The molecule has 0 saturated heterocycles. The third kappa shape index (κ3) is 2.43. The number of aromatic amines is 1. The van der Waals surface area contributed by atoms with Gasteiger partial charge >= 0.3 is 0 Å². The number of nitrogens with zero attached hydrogens (tertiary/aromatic N) is 1. The first-order valence-corrected chi connectivity index (χ1v) is 7.72. The molecule has 1 aromatic heterocycles. The van der Waals surface area contributed by atoms with Crippen molar-refractivity contribution in [3.05, 3.63) is 52.7 Å². The van der Waals surface area contributed by atoms with Crippen LogP contribution in [-0.4, -0.2) is 22.2 Å². The van der Waals surface area contributed by atoms with Crippen molar-refractivity contribution in [1.29, 1.82) is 0 Å². The number of ether oxygens (including phenoxy) is 1. The minimum Gasteiger partial charge on any atom is -0.489 e. The van der Waals surface area contributed by atoms with Gasteiger partial charge in [0.2, 0.25) is 0 Å². The summed E-state index contributed by atoms with van der Waals surface area (Å²) in [5.74, 6) is 0.371. The van der Waals surface area contributed by atoms with Gasteiger partial charge in [0.05, 0.1) is 23.0 Å². The fraction of sp³-hybridized carbons (Fsp3) is 0.176. The number of fused-ring (bicyclic) bond motifs is 2. The largest absolute Gasteiger partial charge is 0.489 e. The number of rotatable bonds is 2. The molecule has 4 rings (SSSR count). The molecule has 0 radical (unpaired) electrons. The number of aromatic nitrogens is 2. The van der Waals surface area contributed by atoms with Gasteiger partial charge in [0.25, 0.3) is 5.91 Å². The molecular formula is C17H14ClN3O2. The number of carbonyl (C=O) groups excluding carboxylic acids is 1. The summed E-state index contributed by atoms with van der Waals surface area (Å²) in [6, 6.07) is 9.12. The zero-order valence-electron chi connectivity index (χ0n) is 12.4. The number of nitrogens with one attached hydrogen (secondary N) is 2. The summed E-state index contributed by atoms with van der Waals surface area (Å²) in [6.45, 7) is 1.97. The highest BCUT2D eigenvalue weighted by Gasteiger charge is 2.26. The molecule has 116 valence electrons. The van der Waals surface area contributed by atoms with Gasteiger partial charge in [-0.2, -0.15) is 5.10 Å². The summed E-state index contributed by atoms with van der Waals surface area (Å²) in [4.78, 5) is 12.7. The number of amides is 1. The topological polar surface area (TPSA) is 67.0 Å². The van der Waals surface area contributed by atoms with Crippen molar-refractivity contribution in [1.82, 2.24) is 10.2 Å². The lowest BCUT2D eigenvalue weighted by molar-refractivity contribution is 0.102. The maximum atomic E-state index is 12.7. The van der Waals surface area contributed by atoms with Crippen molar-refractivity contribution in [2.24, 2.45) is 0 Å². The van der Waals surface area contributed by atoms with Gasteiger partial charge in [-0.15, -0.1) is 0 Å². The molecule has 0 fully saturated rings. The van der Waals surface area contributed by atoms with E-state index < -0.39 is 0 Å². The number of para-hydroxylation sites is 1. The van der Waals surface area contributed by atoms with Gasteiger partial charge in [0.1, 0.15) is 11.9 Å². The first-order chi connectivity index (χ1) is 11.1. The normalized spacial score (nSPS) is 16.2. The molecule has 0 spiro atoms. The molecule has 0 unspecified atom stereocenters. The van der Waals surface area contributed by atoms with Gasteiger partial charge in [0.15, 0.2) is 0 Å². The lowest BCUT2D eigenvalue weighted by Crippen LogP contribution is -2.14. The Labute approximate surface area is 137 Å². The Kier molecular flexibility index (Phi) is 3.23. The van der Waals surface area contributed by atoms with Crippen LogP contribution in [0.4, 0.5) is 5.69 Å². The Hall–Kier alpha value is -2.53. The minimum absolute atomic E-state index is 0.0473. The molecule has 2 aromatic carbocycles. The first kappa shape index (κ1) is 14.1. The van der Waals surface area contributed by atoms with Gasteiger partial charge in [-0.25, -0.2) is 0 Å². The summed E-state index contributed by atoms with van der Waals surface area (Å²) < 4.78 is 5.78. The predicted octanol–water partition coefficient (Wildman–Crippen LogP) is 3.79. The number of anilines is 1. The molecular weight excluding hydrogens is 314 g/mol. The van der Waals surface area contributed by atoms with Crippen LogP contribution in [-0.2, 0) is 6.42 Å². The molecule has 6 heteroatoms. The zero-order valence-corrected chi connectivity index (χ0v) is 13.1. The van der Waals surface area contributed by atoms with Crippen LogP contribution in [0, 0.1) is 0 Å². The Morgan fingerprint density at radius 2 is 2.30 bits per heavy atom. The van der Waals surface area contributed by atoms with E-state index in [1.807, 2.05) is 31.2 Å². The van der Waals surface area contributed by atoms with Crippen molar-refractivity contribution < 1.29 is 9.53 Å². The third-order valence-electron chi connectivity index (χ3n) is 3.93. The van der Waals surface area contributed by atoms with Crippen molar-refractivity contribution in [3.63, 3.8) is 0 Å². The molecule has 23 heavy (non-hydrogen) atoms. The highest BCUT2D eigenvalue weighted by atomic mass is 35.5.